The molecule has 1 aliphatic heterocycles. The number of methoxy groups -OCH3 is 1. The highest BCUT2D eigenvalue weighted by molar-refractivity contribution is 5.85. The highest BCUT2D eigenvalue weighted by Crippen LogP contribution is 2.72. The summed E-state index contributed by atoms with van der Waals surface area (Å²) in [4.78, 5) is 51.7. The third-order valence-corrected chi connectivity index (χ3v) is 9.74. The van der Waals surface area contributed by atoms with Gasteiger partial charge in [0.15, 0.2) is 6.10 Å². The summed E-state index contributed by atoms with van der Waals surface area (Å²) in [6, 6.07) is 0. The van der Waals surface area contributed by atoms with Crippen LogP contribution >= 0.6 is 0 Å². The first-order valence-electron chi connectivity index (χ1n) is 13.2. The van der Waals surface area contributed by atoms with Crippen molar-refractivity contribution in [1.29, 1.82) is 0 Å². The Balaban J connectivity index is 1.99. The zero-order valence-corrected chi connectivity index (χ0v) is 22.2. The van der Waals surface area contributed by atoms with Gasteiger partial charge in [-0.05, 0) is 48.9 Å². The Kier molecular flexibility index (Phi) is 6.94. The van der Waals surface area contributed by atoms with E-state index in [9.17, 15) is 24.3 Å². The number of rotatable bonds is 5. The lowest BCUT2D eigenvalue weighted by atomic mass is 9.37. The molecule has 1 heterocycles. The van der Waals surface area contributed by atoms with Crippen molar-refractivity contribution in [3.63, 3.8) is 0 Å². The van der Waals surface area contributed by atoms with E-state index < -0.39 is 65.0 Å². The first-order valence-corrected chi connectivity index (χ1v) is 13.2. The molecule has 1 spiro atoms. The lowest BCUT2D eigenvalue weighted by Crippen LogP contribution is -2.74. The first-order chi connectivity index (χ1) is 16.9. The van der Waals surface area contributed by atoms with Crippen LogP contribution in [0.5, 0.6) is 0 Å². The van der Waals surface area contributed by atoms with E-state index >= 15 is 0 Å². The van der Waals surface area contributed by atoms with Crippen molar-refractivity contribution < 1.29 is 43.2 Å². The molecule has 1 N–H and O–H groups in total. The van der Waals surface area contributed by atoms with Gasteiger partial charge in [0.25, 0.3) is 0 Å². The van der Waals surface area contributed by atoms with Gasteiger partial charge < -0.3 is 24.1 Å². The van der Waals surface area contributed by atoms with Gasteiger partial charge in [-0.15, -0.1) is 0 Å². The maximum atomic E-state index is 13.3. The standard InChI is InChI=1S/C27H40O9/c1-7-9-17(29)35-21-19(34-14(2)28)20-25(3,4)12-8-13-26(20,5)16-11-10-15(22(30)33-6)18-23(31)36-24(32)27(16,18)21/h15-16,18-21,24,32H,7-13H2,1-6H3. The van der Waals surface area contributed by atoms with Crippen LogP contribution in [-0.2, 0) is 38.1 Å². The molecule has 0 bridgehead atoms. The van der Waals surface area contributed by atoms with E-state index in [4.69, 9.17) is 18.9 Å². The Morgan fingerprint density at radius 1 is 1.11 bits per heavy atom. The number of ether oxygens (including phenoxy) is 4. The summed E-state index contributed by atoms with van der Waals surface area (Å²) in [5.74, 6) is -4.77. The van der Waals surface area contributed by atoms with Gasteiger partial charge in [-0.25, -0.2) is 0 Å². The molecule has 9 heteroatoms. The Hall–Kier alpha value is -2.16. The van der Waals surface area contributed by atoms with Crippen molar-refractivity contribution in [2.24, 2.45) is 39.9 Å². The van der Waals surface area contributed by atoms with Crippen molar-refractivity contribution >= 4 is 23.9 Å². The van der Waals surface area contributed by atoms with Gasteiger partial charge in [-0.1, -0.05) is 34.1 Å². The fourth-order valence-electron chi connectivity index (χ4n) is 8.82. The SMILES string of the molecule is CCCC(=O)OC1C(OC(C)=O)C2C(C)(C)CCCC2(C)C2CCC(C(=O)OC)C3C(=O)OC(O)C132. The summed E-state index contributed by atoms with van der Waals surface area (Å²) in [7, 11) is 1.26. The summed E-state index contributed by atoms with van der Waals surface area (Å²) >= 11 is 0. The highest BCUT2D eigenvalue weighted by Gasteiger charge is 2.79. The number of hydrogen-bond donors (Lipinski definition) is 1. The number of carbonyl (C=O) groups excluding carboxylic acids is 4. The van der Waals surface area contributed by atoms with Crippen LogP contribution in [0.4, 0.5) is 0 Å². The van der Waals surface area contributed by atoms with E-state index in [2.05, 4.69) is 20.8 Å². The van der Waals surface area contributed by atoms with Gasteiger partial charge in [0.05, 0.1) is 24.4 Å². The number of hydrogen-bond acceptors (Lipinski definition) is 9. The molecule has 9 unspecified atom stereocenters. The summed E-state index contributed by atoms with van der Waals surface area (Å²) in [5.41, 5.74) is -2.19. The Morgan fingerprint density at radius 3 is 2.42 bits per heavy atom. The van der Waals surface area contributed by atoms with E-state index in [1.807, 2.05) is 6.92 Å². The maximum Gasteiger partial charge on any atom is 0.313 e. The van der Waals surface area contributed by atoms with Crippen LogP contribution < -0.4 is 0 Å². The smallest absolute Gasteiger partial charge is 0.313 e. The Labute approximate surface area is 212 Å². The predicted octanol–water partition coefficient (Wildman–Crippen LogP) is 3.15. The van der Waals surface area contributed by atoms with Gasteiger partial charge in [0.1, 0.15) is 6.10 Å². The second-order valence-corrected chi connectivity index (χ2v) is 12.1. The number of carbonyl (C=O) groups is 4. The van der Waals surface area contributed by atoms with Gasteiger partial charge in [-0.3, -0.25) is 19.2 Å². The molecule has 0 radical (unpaired) electrons. The van der Waals surface area contributed by atoms with Crippen molar-refractivity contribution in [3.05, 3.63) is 0 Å². The zero-order chi connectivity index (χ0) is 26.6. The fourth-order valence-corrected chi connectivity index (χ4v) is 8.82. The molecule has 4 aliphatic rings. The van der Waals surface area contributed by atoms with Gasteiger partial charge >= 0.3 is 23.9 Å². The van der Waals surface area contributed by atoms with E-state index in [1.165, 1.54) is 14.0 Å². The second kappa shape index (κ2) is 9.30. The molecule has 3 aliphatic carbocycles. The molecular weight excluding hydrogens is 468 g/mol. The van der Waals surface area contributed by atoms with E-state index in [0.29, 0.717) is 19.3 Å². The average molecular weight is 509 g/mol. The lowest BCUT2D eigenvalue weighted by molar-refractivity contribution is -0.309. The fraction of sp³-hybridized carbons (Fsp3) is 0.852. The third kappa shape index (κ3) is 3.75. The summed E-state index contributed by atoms with van der Waals surface area (Å²) in [6.07, 6.45) is 0.504. The van der Waals surface area contributed by atoms with Crippen LogP contribution in [-0.4, -0.2) is 54.6 Å². The predicted molar refractivity (Wildman–Crippen MR) is 126 cm³/mol. The summed E-state index contributed by atoms with van der Waals surface area (Å²) in [5, 5.41) is 11.5. The molecule has 0 amide bonds. The van der Waals surface area contributed by atoms with Crippen LogP contribution in [0.2, 0.25) is 0 Å². The monoisotopic (exact) mass is 508 g/mol. The molecule has 0 aromatic rings. The number of aliphatic hydroxyl groups is 1. The molecule has 9 nitrogen and oxygen atoms in total. The molecular formula is C27H40O9. The first kappa shape index (κ1) is 26.9. The largest absolute Gasteiger partial charge is 0.469 e. The molecule has 9 atom stereocenters. The van der Waals surface area contributed by atoms with E-state index in [1.54, 1.807) is 0 Å². The number of fused-ring (bicyclic) bond motifs is 2. The van der Waals surface area contributed by atoms with Crippen LogP contribution in [0.3, 0.4) is 0 Å². The molecule has 4 fully saturated rings. The third-order valence-electron chi connectivity index (χ3n) is 9.74. The van der Waals surface area contributed by atoms with Crippen LogP contribution in [0.1, 0.15) is 79.6 Å². The lowest BCUT2D eigenvalue weighted by Gasteiger charge is -2.68. The average Bonchev–Trinajstić information content (AvgIpc) is 3.05. The quantitative estimate of drug-likeness (QED) is 0.440. The van der Waals surface area contributed by atoms with Crippen molar-refractivity contribution in [1.82, 2.24) is 0 Å². The summed E-state index contributed by atoms with van der Waals surface area (Å²) in [6.45, 7) is 9.57. The minimum Gasteiger partial charge on any atom is -0.469 e. The minimum atomic E-state index is -1.62. The van der Waals surface area contributed by atoms with Crippen LogP contribution in [0.25, 0.3) is 0 Å². The molecule has 3 saturated carbocycles. The van der Waals surface area contributed by atoms with Crippen molar-refractivity contribution in [2.45, 2.75) is 98.1 Å². The number of aliphatic hydroxyl groups excluding tert-OH is 1. The van der Waals surface area contributed by atoms with Gasteiger partial charge in [-0.2, -0.15) is 0 Å². The molecule has 4 rings (SSSR count). The molecule has 202 valence electrons. The second-order valence-electron chi connectivity index (χ2n) is 12.1. The molecule has 36 heavy (non-hydrogen) atoms. The van der Waals surface area contributed by atoms with E-state index in [-0.39, 0.29) is 23.7 Å². The summed E-state index contributed by atoms with van der Waals surface area (Å²) < 4.78 is 22.6. The molecule has 0 aromatic carbocycles. The topological polar surface area (TPSA) is 125 Å². The van der Waals surface area contributed by atoms with Crippen molar-refractivity contribution in [2.75, 3.05) is 7.11 Å². The highest BCUT2D eigenvalue weighted by atomic mass is 16.7. The van der Waals surface area contributed by atoms with Gasteiger partial charge in [0.2, 0.25) is 6.29 Å². The van der Waals surface area contributed by atoms with Crippen LogP contribution in [0.15, 0.2) is 0 Å². The van der Waals surface area contributed by atoms with Crippen molar-refractivity contribution in [3.8, 4) is 0 Å². The maximum absolute atomic E-state index is 13.3. The van der Waals surface area contributed by atoms with Gasteiger partial charge in [0, 0.05) is 19.3 Å². The molecule has 0 aromatic heterocycles. The minimum absolute atomic E-state index is 0.130. The van der Waals surface area contributed by atoms with E-state index in [0.717, 1.165) is 19.3 Å². The number of cyclic esters (lactones) is 1. The zero-order valence-electron chi connectivity index (χ0n) is 22.2. The normalized spacial score (nSPS) is 42.8. The Bertz CT molecular complexity index is 928. The molecule has 1 saturated heterocycles. The Morgan fingerprint density at radius 2 is 1.81 bits per heavy atom. The van der Waals surface area contributed by atoms with Crippen LogP contribution in [0, 0.1) is 39.9 Å². The number of esters is 4.